The molecule has 0 amide bonds. The van der Waals surface area contributed by atoms with Gasteiger partial charge in [0, 0.05) is 30.9 Å². The molecule has 0 bridgehead atoms. The summed E-state index contributed by atoms with van der Waals surface area (Å²) in [6.07, 6.45) is 15.5. The first kappa shape index (κ1) is 19.0. The van der Waals surface area contributed by atoms with Crippen LogP contribution in [0.2, 0.25) is 0 Å². The number of allylic oxidation sites excluding steroid dienone is 3. The van der Waals surface area contributed by atoms with Crippen molar-refractivity contribution in [2.75, 3.05) is 13.1 Å². The number of carbonyl (C=O) groups excluding carboxylic acids is 1. The van der Waals surface area contributed by atoms with Crippen LogP contribution in [0.15, 0.2) is 47.8 Å². The van der Waals surface area contributed by atoms with E-state index in [4.69, 9.17) is 4.74 Å². The van der Waals surface area contributed by atoms with Gasteiger partial charge in [-0.3, -0.25) is 14.7 Å². The third kappa shape index (κ3) is 3.35. The van der Waals surface area contributed by atoms with Crippen LogP contribution in [-0.2, 0) is 9.53 Å². The van der Waals surface area contributed by atoms with Crippen molar-refractivity contribution in [3.8, 4) is 0 Å². The van der Waals surface area contributed by atoms with Gasteiger partial charge in [-0.15, -0.1) is 0 Å². The molecule has 0 aromatic carbocycles. The van der Waals surface area contributed by atoms with Gasteiger partial charge in [0.15, 0.2) is 0 Å². The Bertz CT molecular complexity index is 846. The monoisotopic (exact) mass is 392 g/mol. The third-order valence-electron chi connectivity index (χ3n) is 7.81. The van der Waals surface area contributed by atoms with E-state index < -0.39 is 0 Å². The number of nitrogens with zero attached hydrogens (tertiary/aromatic N) is 2. The molecule has 0 N–H and O–H groups in total. The number of fused-ring (bicyclic) bond motifs is 2. The zero-order valence-corrected chi connectivity index (χ0v) is 17.6. The van der Waals surface area contributed by atoms with E-state index in [-0.39, 0.29) is 29.3 Å². The number of carbonyl (C=O) groups is 1. The quantitative estimate of drug-likeness (QED) is 0.690. The molecule has 2 aliphatic carbocycles. The van der Waals surface area contributed by atoms with Gasteiger partial charge >= 0.3 is 5.97 Å². The summed E-state index contributed by atoms with van der Waals surface area (Å²) in [7, 11) is 0. The fourth-order valence-electron chi connectivity index (χ4n) is 6.25. The summed E-state index contributed by atoms with van der Waals surface area (Å²) in [6.45, 7) is 6.44. The lowest BCUT2D eigenvalue weighted by atomic mass is 9.62. The van der Waals surface area contributed by atoms with Crippen molar-refractivity contribution < 1.29 is 9.53 Å². The molecular weight excluding hydrogens is 360 g/mol. The minimum atomic E-state index is -0.0518. The van der Waals surface area contributed by atoms with Gasteiger partial charge in [-0.05, 0) is 68.2 Å². The van der Waals surface area contributed by atoms with Gasteiger partial charge in [0.1, 0.15) is 6.10 Å². The Morgan fingerprint density at radius 3 is 3.07 bits per heavy atom. The second-order valence-electron chi connectivity index (χ2n) is 9.72. The first-order chi connectivity index (χ1) is 14.0. The van der Waals surface area contributed by atoms with E-state index >= 15 is 0 Å². The summed E-state index contributed by atoms with van der Waals surface area (Å²) in [5.74, 6) is 0.170. The minimum Gasteiger partial charge on any atom is -0.461 e. The molecule has 154 valence electrons. The zero-order chi connectivity index (χ0) is 20.0. The normalized spacial score (nSPS) is 37.2. The Hall–Kier alpha value is -1.94. The summed E-state index contributed by atoms with van der Waals surface area (Å²) >= 11 is 0. The lowest BCUT2D eigenvalue weighted by Crippen LogP contribution is -2.41. The summed E-state index contributed by atoms with van der Waals surface area (Å²) in [6, 6.07) is 4.56. The molecule has 1 aromatic heterocycles. The van der Waals surface area contributed by atoms with Crippen LogP contribution in [0.1, 0.15) is 64.0 Å². The Balaban J connectivity index is 1.41. The van der Waals surface area contributed by atoms with E-state index in [0.717, 1.165) is 38.8 Å². The Morgan fingerprint density at radius 2 is 2.24 bits per heavy atom. The molecule has 2 saturated heterocycles. The second kappa shape index (κ2) is 7.39. The lowest BCUT2D eigenvalue weighted by Gasteiger charge is -2.43. The molecule has 29 heavy (non-hydrogen) atoms. The highest BCUT2D eigenvalue weighted by Gasteiger charge is 2.51. The molecule has 4 nitrogen and oxygen atoms in total. The van der Waals surface area contributed by atoms with Gasteiger partial charge in [0.25, 0.3) is 0 Å². The van der Waals surface area contributed by atoms with Crippen LogP contribution in [0.4, 0.5) is 0 Å². The molecule has 3 heterocycles. The van der Waals surface area contributed by atoms with E-state index in [2.05, 4.69) is 41.9 Å². The van der Waals surface area contributed by atoms with Gasteiger partial charge in [-0.1, -0.05) is 37.1 Å². The zero-order valence-electron chi connectivity index (χ0n) is 17.6. The molecule has 0 saturated carbocycles. The van der Waals surface area contributed by atoms with Gasteiger partial charge in [0.2, 0.25) is 0 Å². The second-order valence-corrected chi connectivity index (χ2v) is 9.72. The molecule has 5 atom stereocenters. The van der Waals surface area contributed by atoms with Crippen molar-refractivity contribution in [1.29, 1.82) is 0 Å². The maximum Gasteiger partial charge on any atom is 0.311 e. The van der Waals surface area contributed by atoms with E-state index in [9.17, 15) is 4.79 Å². The maximum atomic E-state index is 12.9. The summed E-state index contributed by atoms with van der Waals surface area (Å²) in [4.78, 5) is 19.8. The Kier molecular flexibility index (Phi) is 4.85. The summed E-state index contributed by atoms with van der Waals surface area (Å²) in [5.41, 5.74) is 4.31. The van der Waals surface area contributed by atoms with Crippen molar-refractivity contribution in [1.82, 2.24) is 9.88 Å². The predicted octanol–water partition coefficient (Wildman–Crippen LogP) is 4.84. The number of rotatable bonds is 3. The predicted molar refractivity (Wildman–Crippen MR) is 113 cm³/mol. The molecule has 4 aliphatic rings. The molecule has 2 aliphatic heterocycles. The number of aromatic nitrogens is 1. The molecule has 2 fully saturated rings. The highest BCUT2D eigenvalue weighted by Crippen LogP contribution is 2.52. The van der Waals surface area contributed by atoms with Gasteiger partial charge < -0.3 is 4.74 Å². The van der Waals surface area contributed by atoms with Crippen molar-refractivity contribution in [2.45, 2.75) is 64.5 Å². The number of pyridine rings is 1. The Labute approximate surface area is 174 Å². The smallest absolute Gasteiger partial charge is 0.311 e. The van der Waals surface area contributed by atoms with E-state index in [1.54, 1.807) is 0 Å². The van der Waals surface area contributed by atoms with Crippen LogP contribution in [0.5, 0.6) is 0 Å². The molecule has 0 spiro atoms. The van der Waals surface area contributed by atoms with Crippen LogP contribution in [0.3, 0.4) is 0 Å². The average Bonchev–Trinajstić information content (AvgIpc) is 3.01. The molecule has 5 rings (SSSR count). The molecule has 1 aromatic rings. The van der Waals surface area contributed by atoms with Crippen LogP contribution in [-0.4, -0.2) is 35.0 Å². The average molecular weight is 393 g/mol. The van der Waals surface area contributed by atoms with Crippen molar-refractivity contribution in [2.24, 2.45) is 17.3 Å². The van der Waals surface area contributed by atoms with E-state index in [1.807, 2.05) is 18.5 Å². The van der Waals surface area contributed by atoms with Crippen LogP contribution < -0.4 is 0 Å². The standard InChI is InChI=1S/C25H32N2O2/c1-17-7-5-10-25(2)14-23-19(13-21(17)25)20(24(28)29-23)16-27-12-4-3-9-22(27)18-8-6-11-26-15-18/h6-8,11,13,15,19-20,22-23H,3-5,9-10,12,14,16H2,1-2H3. The van der Waals surface area contributed by atoms with Crippen molar-refractivity contribution in [3.05, 3.63) is 53.4 Å². The maximum absolute atomic E-state index is 12.9. The summed E-state index contributed by atoms with van der Waals surface area (Å²) in [5, 5.41) is 0. The largest absolute Gasteiger partial charge is 0.461 e. The lowest BCUT2D eigenvalue weighted by molar-refractivity contribution is -0.145. The third-order valence-corrected chi connectivity index (χ3v) is 7.81. The number of esters is 1. The molecule has 4 heteroatoms. The highest BCUT2D eigenvalue weighted by atomic mass is 16.6. The first-order valence-corrected chi connectivity index (χ1v) is 11.3. The van der Waals surface area contributed by atoms with E-state index in [1.165, 1.54) is 29.6 Å². The van der Waals surface area contributed by atoms with Crippen molar-refractivity contribution >= 4 is 5.97 Å². The molecule has 5 unspecified atom stereocenters. The fourth-order valence-corrected chi connectivity index (χ4v) is 6.25. The number of ether oxygens (including phenoxy) is 1. The first-order valence-electron chi connectivity index (χ1n) is 11.3. The number of hydrogen-bond acceptors (Lipinski definition) is 4. The van der Waals surface area contributed by atoms with Crippen molar-refractivity contribution in [3.63, 3.8) is 0 Å². The number of likely N-dealkylation sites (tertiary alicyclic amines) is 1. The SMILES string of the molecule is CC1=CCCC2(C)CC3OC(=O)C(CN4CCCCC4c4cccnc4)C3C=C12. The number of piperidine rings is 1. The summed E-state index contributed by atoms with van der Waals surface area (Å²) < 4.78 is 5.97. The van der Waals surface area contributed by atoms with Gasteiger partial charge in [0.05, 0.1) is 5.92 Å². The van der Waals surface area contributed by atoms with Crippen LogP contribution in [0, 0.1) is 17.3 Å². The fraction of sp³-hybridized carbons (Fsp3) is 0.600. The minimum absolute atomic E-state index is 0.0104. The van der Waals surface area contributed by atoms with Gasteiger partial charge in [-0.2, -0.15) is 0 Å². The molecule has 0 radical (unpaired) electrons. The molecular formula is C25H32N2O2. The number of hydrogen-bond donors (Lipinski definition) is 0. The topological polar surface area (TPSA) is 42.4 Å². The highest BCUT2D eigenvalue weighted by molar-refractivity contribution is 5.76. The van der Waals surface area contributed by atoms with Crippen LogP contribution >= 0.6 is 0 Å². The van der Waals surface area contributed by atoms with E-state index in [0.29, 0.717) is 6.04 Å². The Morgan fingerprint density at radius 1 is 1.34 bits per heavy atom. The van der Waals surface area contributed by atoms with Gasteiger partial charge in [-0.25, -0.2) is 0 Å². The van der Waals surface area contributed by atoms with Crippen LogP contribution in [0.25, 0.3) is 0 Å².